The molecule has 0 spiro atoms. The number of nitrogens with zero attached hydrogens (tertiary/aromatic N) is 1. The van der Waals surface area contributed by atoms with Crippen molar-refractivity contribution in [1.29, 1.82) is 0 Å². The lowest BCUT2D eigenvalue weighted by molar-refractivity contribution is -0.138. The molecule has 0 radical (unpaired) electrons. The predicted molar refractivity (Wildman–Crippen MR) is 114 cm³/mol. The van der Waals surface area contributed by atoms with Crippen LogP contribution in [-0.2, 0) is 22.6 Å². The van der Waals surface area contributed by atoms with Crippen molar-refractivity contribution in [2.24, 2.45) is 5.92 Å². The highest BCUT2D eigenvalue weighted by Crippen LogP contribution is 2.19. The molecule has 0 saturated carbocycles. The quantitative estimate of drug-likeness (QED) is 0.689. The highest BCUT2D eigenvalue weighted by molar-refractivity contribution is 7.98. The Morgan fingerprint density at radius 2 is 1.86 bits per heavy atom. The monoisotopic (exact) mass is 396 g/mol. The van der Waals surface area contributed by atoms with Crippen molar-refractivity contribution in [1.82, 2.24) is 10.2 Å². The number of hydrogen-bond donors (Lipinski definition) is 1. The molecule has 1 aliphatic heterocycles. The Morgan fingerprint density at radius 1 is 1.11 bits per heavy atom. The third kappa shape index (κ3) is 5.86. The van der Waals surface area contributed by atoms with Gasteiger partial charge in [0.15, 0.2) is 0 Å². The van der Waals surface area contributed by atoms with Gasteiger partial charge in [-0.25, -0.2) is 0 Å². The van der Waals surface area contributed by atoms with Gasteiger partial charge in [0.2, 0.25) is 11.8 Å². The van der Waals surface area contributed by atoms with Crippen molar-refractivity contribution in [2.75, 3.05) is 19.3 Å². The Hall–Kier alpha value is -2.27. The van der Waals surface area contributed by atoms with Crippen molar-refractivity contribution in [2.45, 2.75) is 37.1 Å². The topological polar surface area (TPSA) is 49.4 Å². The first kappa shape index (κ1) is 20.5. The molecule has 2 aromatic rings. The smallest absolute Gasteiger partial charge is 0.225 e. The second-order valence-corrected chi connectivity index (χ2v) is 8.11. The van der Waals surface area contributed by atoms with Crippen LogP contribution in [0.25, 0.3) is 0 Å². The van der Waals surface area contributed by atoms with Gasteiger partial charge < -0.3 is 10.2 Å². The molecule has 1 unspecified atom stereocenters. The van der Waals surface area contributed by atoms with Gasteiger partial charge in [-0.3, -0.25) is 9.59 Å². The number of piperidine rings is 1. The molecule has 1 aliphatic rings. The van der Waals surface area contributed by atoms with E-state index in [9.17, 15) is 9.59 Å². The first-order chi connectivity index (χ1) is 13.7. The van der Waals surface area contributed by atoms with Crippen LogP contribution < -0.4 is 5.32 Å². The molecule has 2 amide bonds. The highest BCUT2D eigenvalue weighted by atomic mass is 32.2. The molecule has 0 aliphatic carbocycles. The van der Waals surface area contributed by atoms with E-state index in [2.05, 4.69) is 29.6 Å². The van der Waals surface area contributed by atoms with Crippen molar-refractivity contribution >= 4 is 23.6 Å². The maximum atomic E-state index is 12.6. The lowest BCUT2D eigenvalue weighted by Crippen LogP contribution is -2.46. The van der Waals surface area contributed by atoms with Crippen LogP contribution in [0.1, 0.15) is 30.4 Å². The van der Waals surface area contributed by atoms with Gasteiger partial charge in [-0.15, -0.1) is 11.8 Å². The lowest BCUT2D eigenvalue weighted by Gasteiger charge is -2.32. The summed E-state index contributed by atoms with van der Waals surface area (Å²) in [7, 11) is 0. The summed E-state index contributed by atoms with van der Waals surface area (Å²) in [6, 6.07) is 18.5. The number of carbonyl (C=O) groups excluding carboxylic acids is 2. The lowest BCUT2D eigenvalue weighted by atomic mass is 9.96. The highest BCUT2D eigenvalue weighted by Gasteiger charge is 2.29. The molecule has 1 fully saturated rings. The van der Waals surface area contributed by atoms with Crippen LogP contribution in [-0.4, -0.2) is 36.1 Å². The van der Waals surface area contributed by atoms with E-state index in [1.165, 1.54) is 10.5 Å². The Bertz CT molecular complexity index is 777. The van der Waals surface area contributed by atoms with Gasteiger partial charge in [0.1, 0.15) is 0 Å². The van der Waals surface area contributed by atoms with Gasteiger partial charge in [-0.05, 0) is 48.8 Å². The Kier molecular flexibility index (Phi) is 7.54. The molecule has 1 N–H and O–H groups in total. The van der Waals surface area contributed by atoms with Crippen LogP contribution in [0.3, 0.4) is 0 Å². The molecule has 1 atom stereocenters. The van der Waals surface area contributed by atoms with Crippen molar-refractivity contribution in [3.63, 3.8) is 0 Å². The largest absolute Gasteiger partial charge is 0.352 e. The van der Waals surface area contributed by atoms with Crippen molar-refractivity contribution < 1.29 is 9.59 Å². The third-order valence-electron chi connectivity index (χ3n) is 5.23. The number of aryl methyl sites for hydroxylation is 1. The zero-order chi connectivity index (χ0) is 19.8. The van der Waals surface area contributed by atoms with Gasteiger partial charge in [-0.2, -0.15) is 0 Å². The fraction of sp³-hybridized carbons (Fsp3) is 0.391. The number of rotatable bonds is 8. The first-order valence-corrected chi connectivity index (χ1v) is 11.1. The second kappa shape index (κ2) is 10.3. The Morgan fingerprint density at radius 3 is 2.57 bits per heavy atom. The summed E-state index contributed by atoms with van der Waals surface area (Å²) in [5, 5.41) is 3.04. The van der Waals surface area contributed by atoms with Crippen LogP contribution in [0.5, 0.6) is 0 Å². The fourth-order valence-corrected chi connectivity index (χ4v) is 3.95. The zero-order valence-electron chi connectivity index (χ0n) is 16.4. The number of hydrogen-bond acceptors (Lipinski definition) is 3. The minimum Gasteiger partial charge on any atom is -0.352 e. The Labute approximate surface area is 171 Å². The predicted octanol–water partition coefficient (Wildman–Crippen LogP) is 3.90. The van der Waals surface area contributed by atoms with E-state index in [0.29, 0.717) is 32.5 Å². The summed E-state index contributed by atoms with van der Waals surface area (Å²) in [5.41, 5.74) is 2.38. The third-order valence-corrected chi connectivity index (χ3v) is 5.98. The van der Waals surface area contributed by atoms with E-state index < -0.39 is 0 Å². The minimum atomic E-state index is -0.111. The van der Waals surface area contributed by atoms with Gasteiger partial charge in [0, 0.05) is 31.0 Å². The number of carbonyl (C=O) groups is 2. The maximum absolute atomic E-state index is 12.6. The van der Waals surface area contributed by atoms with Gasteiger partial charge in [0.25, 0.3) is 0 Å². The molecule has 1 saturated heterocycles. The second-order valence-electron chi connectivity index (χ2n) is 7.23. The molecule has 2 aromatic carbocycles. The van der Waals surface area contributed by atoms with E-state index >= 15 is 0 Å². The van der Waals surface area contributed by atoms with Gasteiger partial charge >= 0.3 is 0 Å². The maximum Gasteiger partial charge on any atom is 0.225 e. The average molecular weight is 397 g/mol. The molecule has 3 rings (SSSR count). The molecule has 1 heterocycles. The minimum absolute atomic E-state index is 0.0505. The zero-order valence-corrected chi connectivity index (χ0v) is 17.2. The van der Waals surface area contributed by atoms with Crippen LogP contribution >= 0.6 is 11.8 Å². The van der Waals surface area contributed by atoms with E-state index in [4.69, 9.17) is 0 Å². The normalized spacial score (nSPS) is 16.8. The summed E-state index contributed by atoms with van der Waals surface area (Å²) in [5.74, 6) is 0.110. The molecular weight excluding hydrogens is 368 g/mol. The molecule has 148 valence electrons. The summed E-state index contributed by atoms with van der Waals surface area (Å²) in [4.78, 5) is 27.9. The van der Waals surface area contributed by atoms with Gasteiger partial charge in [0.05, 0.1) is 5.92 Å². The van der Waals surface area contributed by atoms with E-state index in [0.717, 1.165) is 18.4 Å². The molecule has 5 heteroatoms. The first-order valence-electron chi connectivity index (χ1n) is 9.88. The number of likely N-dealkylation sites (tertiary alicyclic amines) is 1. The van der Waals surface area contributed by atoms with E-state index in [1.807, 2.05) is 41.5 Å². The van der Waals surface area contributed by atoms with Crippen LogP contribution in [0.4, 0.5) is 0 Å². The summed E-state index contributed by atoms with van der Waals surface area (Å²) in [6.07, 6.45) is 5.03. The Balaban J connectivity index is 1.45. The standard InChI is InChI=1S/C23H28N2O2S/c1-28-21-12-9-19(10-13-21)16-24-23(27)20-11-14-22(26)25(17-20)15-5-8-18-6-3-2-4-7-18/h2-4,6-7,9-10,12-13,20H,5,8,11,14-17H2,1H3,(H,24,27). The number of thioether (sulfide) groups is 1. The van der Waals surface area contributed by atoms with Crippen LogP contribution in [0.2, 0.25) is 0 Å². The summed E-state index contributed by atoms with van der Waals surface area (Å²) in [6.45, 7) is 1.78. The van der Waals surface area contributed by atoms with E-state index in [1.54, 1.807) is 11.8 Å². The molecule has 4 nitrogen and oxygen atoms in total. The van der Waals surface area contributed by atoms with Gasteiger partial charge in [-0.1, -0.05) is 42.5 Å². The molecular formula is C23H28N2O2S. The van der Waals surface area contributed by atoms with Crippen molar-refractivity contribution in [3.05, 3.63) is 65.7 Å². The van der Waals surface area contributed by atoms with Crippen LogP contribution in [0.15, 0.2) is 59.5 Å². The fourth-order valence-electron chi connectivity index (χ4n) is 3.54. The number of amides is 2. The van der Waals surface area contributed by atoms with Crippen molar-refractivity contribution in [3.8, 4) is 0 Å². The molecule has 0 aromatic heterocycles. The number of benzene rings is 2. The SMILES string of the molecule is CSc1ccc(CNC(=O)C2CCC(=O)N(CCCc3ccccc3)C2)cc1. The summed E-state index contributed by atoms with van der Waals surface area (Å²) >= 11 is 1.71. The number of nitrogens with one attached hydrogen (secondary N) is 1. The molecule has 28 heavy (non-hydrogen) atoms. The summed E-state index contributed by atoms with van der Waals surface area (Å²) < 4.78 is 0. The van der Waals surface area contributed by atoms with E-state index in [-0.39, 0.29) is 17.7 Å². The average Bonchev–Trinajstić information content (AvgIpc) is 2.74. The molecule has 0 bridgehead atoms. The van der Waals surface area contributed by atoms with Crippen LogP contribution in [0, 0.1) is 5.92 Å².